The zero-order valence-electron chi connectivity index (χ0n) is 7.16. The summed E-state index contributed by atoms with van der Waals surface area (Å²) in [7, 11) is 0. The Morgan fingerprint density at radius 3 is 2.85 bits per heavy atom. The average Bonchev–Trinajstić information content (AvgIpc) is 2.24. The van der Waals surface area contributed by atoms with Crippen LogP contribution in [-0.2, 0) is 10.4 Å². The molecule has 0 aromatic heterocycles. The molecule has 1 unspecified atom stereocenters. The number of carbonyl (C=O) groups is 1. The van der Waals surface area contributed by atoms with Crippen molar-refractivity contribution in [1.82, 2.24) is 0 Å². The Bertz CT molecular complexity index is 385. The summed E-state index contributed by atoms with van der Waals surface area (Å²) in [4.78, 5) is 11.3. The highest BCUT2D eigenvalue weighted by Crippen LogP contribution is 2.38. The van der Waals surface area contributed by atoms with Crippen LogP contribution in [0.1, 0.15) is 12.5 Å². The zero-order valence-corrected chi connectivity index (χ0v) is 7.16. The number of fused-ring (bicyclic) bond motifs is 1. The summed E-state index contributed by atoms with van der Waals surface area (Å²) in [6.07, 6.45) is 0. The minimum atomic E-state index is -1.50. The number of carbonyl (C=O) groups excluding carboxylic acids is 1. The van der Waals surface area contributed by atoms with Crippen LogP contribution in [0.4, 0.5) is 11.4 Å². The largest absolute Gasteiger partial charge is 0.398 e. The van der Waals surface area contributed by atoms with Gasteiger partial charge in [0, 0.05) is 16.9 Å². The number of rotatable bonds is 0. The first kappa shape index (κ1) is 8.07. The number of hydrogen-bond acceptors (Lipinski definition) is 3. The van der Waals surface area contributed by atoms with Crippen LogP contribution in [0.2, 0.25) is 0 Å². The lowest BCUT2D eigenvalue weighted by Crippen LogP contribution is -2.30. The van der Waals surface area contributed by atoms with Crippen molar-refractivity contribution in [1.29, 1.82) is 0 Å². The third kappa shape index (κ3) is 0.922. The number of nitrogens with two attached hydrogens (primary N) is 1. The van der Waals surface area contributed by atoms with Gasteiger partial charge in [-0.25, -0.2) is 0 Å². The first-order chi connectivity index (χ1) is 6.03. The number of hydrogen-bond donors (Lipinski definition) is 3. The lowest BCUT2D eigenvalue weighted by atomic mass is 9.96. The molecule has 68 valence electrons. The second-order valence-electron chi connectivity index (χ2n) is 3.30. The molecule has 0 fully saturated rings. The highest BCUT2D eigenvalue weighted by Gasteiger charge is 2.42. The molecular formula is C9H10N2O2. The van der Waals surface area contributed by atoms with Crippen LogP contribution < -0.4 is 11.1 Å². The molecule has 0 bridgehead atoms. The van der Waals surface area contributed by atoms with Gasteiger partial charge < -0.3 is 16.2 Å². The van der Waals surface area contributed by atoms with Crippen LogP contribution in [-0.4, -0.2) is 11.0 Å². The highest BCUT2D eigenvalue weighted by atomic mass is 16.3. The van der Waals surface area contributed by atoms with Gasteiger partial charge >= 0.3 is 0 Å². The van der Waals surface area contributed by atoms with Gasteiger partial charge in [-0.3, -0.25) is 4.79 Å². The molecule has 4 nitrogen and oxygen atoms in total. The summed E-state index contributed by atoms with van der Waals surface area (Å²) in [6.45, 7) is 1.44. The Hall–Kier alpha value is -1.55. The van der Waals surface area contributed by atoms with Crippen molar-refractivity contribution in [2.75, 3.05) is 11.1 Å². The molecule has 1 aliphatic heterocycles. The molecule has 1 aromatic carbocycles. The Balaban J connectivity index is 2.70. The van der Waals surface area contributed by atoms with Crippen molar-refractivity contribution in [3.05, 3.63) is 23.8 Å². The molecule has 0 radical (unpaired) electrons. The normalized spacial score (nSPS) is 25.5. The first-order valence-electron chi connectivity index (χ1n) is 3.96. The van der Waals surface area contributed by atoms with Crippen molar-refractivity contribution in [3.63, 3.8) is 0 Å². The summed E-state index contributed by atoms with van der Waals surface area (Å²) in [5.74, 6) is -0.430. The lowest BCUT2D eigenvalue weighted by Gasteiger charge is -2.15. The van der Waals surface area contributed by atoms with E-state index in [0.717, 1.165) is 0 Å². The molecule has 0 aliphatic carbocycles. The van der Waals surface area contributed by atoms with E-state index in [-0.39, 0.29) is 0 Å². The SMILES string of the molecule is CC1(O)C(=O)Nc2cccc(N)c21. The second-order valence-corrected chi connectivity index (χ2v) is 3.30. The van der Waals surface area contributed by atoms with Crippen LogP contribution in [0.15, 0.2) is 18.2 Å². The summed E-state index contributed by atoms with van der Waals surface area (Å²) >= 11 is 0. The molecule has 4 heteroatoms. The van der Waals surface area contributed by atoms with E-state index in [1.54, 1.807) is 18.2 Å². The van der Waals surface area contributed by atoms with E-state index in [1.807, 2.05) is 0 Å². The minimum Gasteiger partial charge on any atom is -0.398 e. The number of aliphatic hydroxyl groups is 1. The average molecular weight is 178 g/mol. The van der Waals surface area contributed by atoms with E-state index < -0.39 is 11.5 Å². The Morgan fingerprint density at radius 2 is 2.23 bits per heavy atom. The molecule has 1 aromatic rings. The molecule has 1 aliphatic rings. The van der Waals surface area contributed by atoms with Gasteiger partial charge in [-0.1, -0.05) is 6.07 Å². The number of benzene rings is 1. The van der Waals surface area contributed by atoms with Gasteiger partial charge in [-0.15, -0.1) is 0 Å². The Morgan fingerprint density at radius 1 is 1.54 bits per heavy atom. The van der Waals surface area contributed by atoms with Gasteiger partial charge in [0.25, 0.3) is 5.91 Å². The fourth-order valence-electron chi connectivity index (χ4n) is 1.58. The van der Waals surface area contributed by atoms with Crippen LogP contribution in [0.25, 0.3) is 0 Å². The number of nitrogen functional groups attached to an aromatic ring is 1. The summed E-state index contributed by atoms with van der Waals surface area (Å²) in [5, 5.41) is 12.4. The van der Waals surface area contributed by atoms with Gasteiger partial charge in [-0.2, -0.15) is 0 Å². The maximum absolute atomic E-state index is 11.3. The van der Waals surface area contributed by atoms with Crippen molar-refractivity contribution >= 4 is 17.3 Å². The lowest BCUT2D eigenvalue weighted by molar-refractivity contribution is -0.131. The van der Waals surface area contributed by atoms with Gasteiger partial charge in [0.05, 0.1) is 0 Å². The van der Waals surface area contributed by atoms with Crippen LogP contribution in [0.5, 0.6) is 0 Å². The molecule has 13 heavy (non-hydrogen) atoms. The maximum atomic E-state index is 11.3. The van der Waals surface area contributed by atoms with Gasteiger partial charge in [0.2, 0.25) is 0 Å². The third-order valence-corrected chi connectivity index (χ3v) is 2.27. The van der Waals surface area contributed by atoms with Gasteiger partial charge in [0.15, 0.2) is 5.60 Å². The monoisotopic (exact) mass is 178 g/mol. The number of amides is 1. The van der Waals surface area contributed by atoms with Crippen molar-refractivity contribution in [2.24, 2.45) is 0 Å². The van der Waals surface area contributed by atoms with Crippen LogP contribution in [0.3, 0.4) is 0 Å². The second kappa shape index (κ2) is 2.23. The summed E-state index contributed by atoms with van der Waals surface area (Å²) in [5.41, 5.74) is 5.65. The fourth-order valence-corrected chi connectivity index (χ4v) is 1.58. The first-order valence-corrected chi connectivity index (χ1v) is 3.96. The van der Waals surface area contributed by atoms with Crippen LogP contribution in [0, 0.1) is 0 Å². The van der Waals surface area contributed by atoms with E-state index in [2.05, 4.69) is 5.32 Å². The number of nitrogens with one attached hydrogen (secondary N) is 1. The molecule has 1 heterocycles. The van der Waals surface area contributed by atoms with Crippen LogP contribution >= 0.6 is 0 Å². The molecule has 1 amide bonds. The minimum absolute atomic E-state index is 0.430. The molecule has 4 N–H and O–H groups in total. The molecule has 2 rings (SSSR count). The van der Waals surface area contributed by atoms with Gasteiger partial charge in [-0.05, 0) is 19.1 Å². The smallest absolute Gasteiger partial charge is 0.260 e. The summed E-state index contributed by atoms with van der Waals surface area (Å²) in [6, 6.07) is 5.11. The Labute approximate surface area is 75.4 Å². The molecular weight excluding hydrogens is 168 g/mol. The molecule has 0 saturated carbocycles. The van der Waals surface area contributed by atoms with E-state index >= 15 is 0 Å². The Kier molecular flexibility index (Phi) is 1.38. The van der Waals surface area contributed by atoms with E-state index in [4.69, 9.17) is 5.73 Å². The molecule has 0 spiro atoms. The topological polar surface area (TPSA) is 75.3 Å². The number of anilines is 2. The van der Waals surface area contributed by atoms with Crippen molar-refractivity contribution in [3.8, 4) is 0 Å². The van der Waals surface area contributed by atoms with E-state index in [0.29, 0.717) is 16.9 Å². The maximum Gasteiger partial charge on any atom is 0.260 e. The van der Waals surface area contributed by atoms with Crippen molar-refractivity contribution < 1.29 is 9.90 Å². The predicted octanol–water partition coefficient (Wildman–Crippen LogP) is 0.428. The van der Waals surface area contributed by atoms with Gasteiger partial charge in [0.1, 0.15) is 0 Å². The highest BCUT2D eigenvalue weighted by molar-refractivity contribution is 6.06. The van der Waals surface area contributed by atoms with E-state index in [1.165, 1.54) is 6.92 Å². The summed E-state index contributed by atoms with van der Waals surface area (Å²) < 4.78 is 0. The standard InChI is InChI=1S/C9H10N2O2/c1-9(13)7-5(10)3-2-4-6(7)11-8(9)12/h2-4,13H,10H2,1H3,(H,11,12). The van der Waals surface area contributed by atoms with Crippen molar-refractivity contribution in [2.45, 2.75) is 12.5 Å². The zero-order chi connectivity index (χ0) is 9.64. The molecule has 0 saturated heterocycles. The molecule has 1 atom stereocenters. The predicted molar refractivity (Wildman–Crippen MR) is 49.1 cm³/mol. The third-order valence-electron chi connectivity index (χ3n) is 2.27. The fraction of sp³-hybridized carbons (Fsp3) is 0.222. The quantitative estimate of drug-likeness (QED) is 0.504. The van der Waals surface area contributed by atoms with E-state index in [9.17, 15) is 9.90 Å².